The topological polar surface area (TPSA) is 46.2 Å². The lowest BCUT2D eigenvalue weighted by molar-refractivity contribution is 0.357. The largest absolute Gasteiger partial charge is 0.246 e. The molecule has 0 amide bonds. The maximum Gasteiger partial charge on any atom is 0.246 e. The number of benzene rings is 1. The molecule has 0 aliphatic heterocycles. The van der Waals surface area contributed by atoms with Crippen LogP contribution in [-0.2, 0) is 10.0 Å². The zero-order chi connectivity index (χ0) is 15.4. The van der Waals surface area contributed by atoms with Crippen LogP contribution >= 0.6 is 0 Å². The van der Waals surface area contributed by atoms with Crippen molar-refractivity contribution in [1.29, 1.82) is 0 Å². The quantitative estimate of drug-likeness (QED) is 0.530. The molecule has 0 saturated carbocycles. The van der Waals surface area contributed by atoms with Crippen molar-refractivity contribution in [2.45, 2.75) is 25.7 Å². The standard InChI is InChI=1S/C8H6F5NO2S.C2H6/c1-2-14-17(15,16)8-6(12)4(10)3(9)5(11)7(8)13;1-2/h14H,2H2,1H3;1-2H3. The van der Waals surface area contributed by atoms with E-state index in [2.05, 4.69) is 0 Å². The maximum absolute atomic E-state index is 13.1. The molecule has 0 bridgehead atoms. The summed E-state index contributed by atoms with van der Waals surface area (Å²) < 4.78 is 88.3. The molecule has 19 heavy (non-hydrogen) atoms. The molecule has 0 saturated heterocycles. The summed E-state index contributed by atoms with van der Waals surface area (Å²) in [6.07, 6.45) is 0. The van der Waals surface area contributed by atoms with Gasteiger partial charge in [-0.1, -0.05) is 20.8 Å². The summed E-state index contributed by atoms with van der Waals surface area (Å²) in [5, 5.41) is 0. The van der Waals surface area contributed by atoms with E-state index >= 15 is 0 Å². The molecule has 0 aliphatic rings. The third kappa shape index (κ3) is 3.41. The molecule has 9 heteroatoms. The van der Waals surface area contributed by atoms with Crippen molar-refractivity contribution in [2.24, 2.45) is 0 Å². The fraction of sp³-hybridized carbons (Fsp3) is 0.400. The Labute approximate surface area is 107 Å². The molecule has 1 rings (SSSR count). The van der Waals surface area contributed by atoms with Crippen LogP contribution < -0.4 is 4.72 Å². The molecule has 110 valence electrons. The summed E-state index contributed by atoms with van der Waals surface area (Å²) in [6.45, 7) is 5.02. The van der Waals surface area contributed by atoms with Gasteiger partial charge in [0.1, 0.15) is 0 Å². The molecular formula is C10H12F5NO2S. The first-order chi connectivity index (χ1) is 8.74. The first kappa shape index (κ1) is 17.8. The molecule has 0 heterocycles. The van der Waals surface area contributed by atoms with Crippen molar-refractivity contribution in [3.05, 3.63) is 29.1 Å². The van der Waals surface area contributed by atoms with Crippen LogP contribution in [0.1, 0.15) is 20.8 Å². The Bertz CT molecular complexity index is 531. The Kier molecular flexibility index (Phi) is 6.37. The summed E-state index contributed by atoms with van der Waals surface area (Å²) in [4.78, 5) is -1.88. The van der Waals surface area contributed by atoms with Crippen LogP contribution in [0.25, 0.3) is 0 Å². The highest BCUT2D eigenvalue weighted by Gasteiger charge is 2.32. The molecule has 0 spiro atoms. The number of hydrogen-bond acceptors (Lipinski definition) is 2. The Morgan fingerprint density at radius 2 is 1.16 bits per heavy atom. The summed E-state index contributed by atoms with van der Waals surface area (Å²) in [5.41, 5.74) is 0. The van der Waals surface area contributed by atoms with Gasteiger partial charge in [-0.05, 0) is 0 Å². The van der Waals surface area contributed by atoms with Crippen molar-refractivity contribution in [3.8, 4) is 0 Å². The summed E-state index contributed by atoms with van der Waals surface area (Å²) >= 11 is 0. The average Bonchev–Trinajstić information content (AvgIpc) is 2.36. The highest BCUT2D eigenvalue weighted by atomic mass is 32.2. The molecule has 0 aromatic heterocycles. The van der Waals surface area contributed by atoms with Crippen LogP contribution in [0.5, 0.6) is 0 Å². The van der Waals surface area contributed by atoms with Gasteiger partial charge < -0.3 is 0 Å². The van der Waals surface area contributed by atoms with Gasteiger partial charge in [0, 0.05) is 6.54 Å². The SMILES string of the molecule is CC.CCNS(=O)(=O)c1c(F)c(F)c(F)c(F)c1F. The predicted octanol–water partition coefficient (Wildman–Crippen LogP) is 2.71. The monoisotopic (exact) mass is 305 g/mol. The van der Waals surface area contributed by atoms with Gasteiger partial charge in [0.15, 0.2) is 28.2 Å². The summed E-state index contributed by atoms with van der Waals surface area (Å²) in [6, 6.07) is 0. The van der Waals surface area contributed by atoms with Crippen molar-refractivity contribution < 1.29 is 30.4 Å². The van der Waals surface area contributed by atoms with E-state index in [1.54, 1.807) is 4.72 Å². The summed E-state index contributed by atoms with van der Waals surface area (Å²) in [7, 11) is -4.78. The zero-order valence-corrected chi connectivity index (χ0v) is 11.1. The normalized spacial score (nSPS) is 10.9. The van der Waals surface area contributed by atoms with Crippen molar-refractivity contribution in [2.75, 3.05) is 6.54 Å². The second-order valence-electron chi connectivity index (χ2n) is 2.90. The number of nitrogens with one attached hydrogen (secondary N) is 1. The molecule has 1 aromatic carbocycles. The lowest BCUT2D eigenvalue weighted by Gasteiger charge is -2.08. The number of hydrogen-bond donors (Lipinski definition) is 1. The van der Waals surface area contributed by atoms with Gasteiger partial charge in [0.2, 0.25) is 15.8 Å². The van der Waals surface area contributed by atoms with Crippen LogP contribution in [0.3, 0.4) is 0 Å². The minimum atomic E-state index is -4.78. The fourth-order valence-corrected chi connectivity index (χ4v) is 2.26. The number of rotatable bonds is 3. The van der Waals surface area contributed by atoms with E-state index in [9.17, 15) is 30.4 Å². The molecule has 3 nitrogen and oxygen atoms in total. The van der Waals surface area contributed by atoms with Gasteiger partial charge >= 0.3 is 0 Å². The first-order valence-corrected chi connectivity index (χ1v) is 6.73. The lowest BCUT2D eigenvalue weighted by Crippen LogP contribution is -2.26. The first-order valence-electron chi connectivity index (χ1n) is 5.25. The highest BCUT2D eigenvalue weighted by Crippen LogP contribution is 2.26. The zero-order valence-electron chi connectivity index (χ0n) is 10.3. The van der Waals surface area contributed by atoms with Crippen LogP contribution in [0.15, 0.2) is 4.90 Å². The van der Waals surface area contributed by atoms with Crippen molar-refractivity contribution >= 4 is 10.0 Å². The fourth-order valence-electron chi connectivity index (χ4n) is 1.08. The Hall–Kier alpha value is -1.22. The van der Waals surface area contributed by atoms with Gasteiger partial charge in [0.05, 0.1) is 0 Å². The van der Waals surface area contributed by atoms with E-state index in [1.165, 1.54) is 6.92 Å². The van der Waals surface area contributed by atoms with Crippen molar-refractivity contribution in [1.82, 2.24) is 4.72 Å². The predicted molar refractivity (Wildman–Crippen MR) is 58.4 cm³/mol. The lowest BCUT2D eigenvalue weighted by atomic mass is 10.3. The van der Waals surface area contributed by atoms with Crippen LogP contribution in [0.2, 0.25) is 0 Å². The average molecular weight is 305 g/mol. The van der Waals surface area contributed by atoms with Gasteiger partial charge in [-0.25, -0.2) is 35.1 Å². The van der Waals surface area contributed by atoms with Crippen molar-refractivity contribution in [3.63, 3.8) is 0 Å². The second kappa shape index (κ2) is 6.80. The van der Waals surface area contributed by atoms with Crippen LogP contribution in [0.4, 0.5) is 22.0 Å². The minimum Gasteiger partial charge on any atom is -0.211 e. The molecule has 0 atom stereocenters. The highest BCUT2D eigenvalue weighted by molar-refractivity contribution is 7.89. The van der Waals surface area contributed by atoms with E-state index in [0.717, 1.165) is 0 Å². The number of sulfonamides is 1. The Balaban J connectivity index is 0.00000154. The van der Waals surface area contributed by atoms with E-state index < -0.39 is 44.0 Å². The molecule has 0 aliphatic carbocycles. The van der Waals surface area contributed by atoms with E-state index in [1.807, 2.05) is 13.8 Å². The third-order valence-electron chi connectivity index (χ3n) is 1.77. The number of halogens is 5. The van der Waals surface area contributed by atoms with Crippen LogP contribution in [-0.4, -0.2) is 15.0 Å². The molecular weight excluding hydrogens is 293 g/mol. The Morgan fingerprint density at radius 3 is 1.47 bits per heavy atom. The molecule has 1 N–H and O–H groups in total. The van der Waals surface area contributed by atoms with E-state index in [0.29, 0.717) is 0 Å². The molecule has 0 unspecified atom stereocenters. The molecule has 0 fully saturated rings. The van der Waals surface area contributed by atoms with Crippen LogP contribution in [0, 0.1) is 29.1 Å². The third-order valence-corrected chi connectivity index (χ3v) is 3.34. The van der Waals surface area contributed by atoms with E-state index in [-0.39, 0.29) is 6.54 Å². The van der Waals surface area contributed by atoms with Gasteiger partial charge in [0.25, 0.3) is 0 Å². The van der Waals surface area contributed by atoms with Gasteiger partial charge in [-0.3, -0.25) is 0 Å². The Morgan fingerprint density at radius 1 is 0.842 bits per heavy atom. The second-order valence-corrected chi connectivity index (χ2v) is 4.60. The summed E-state index contributed by atoms with van der Waals surface area (Å²) in [5.74, 6) is -11.8. The van der Waals surface area contributed by atoms with Gasteiger partial charge in [-0.15, -0.1) is 0 Å². The molecule has 0 radical (unpaired) electrons. The smallest absolute Gasteiger partial charge is 0.211 e. The van der Waals surface area contributed by atoms with E-state index in [4.69, 9.17) is 0 Å². The van der Waals surface area contributed by atoms with Gasteiger partial charge in [-0.2, -0.15) is 0 Å². The molecule has 1 aromatic rings. The minimum absolute atomic E-state index is 0.262. The maximum atomic E-state index is 13.1.